The highest BCUT2D eigenvalue weighted by atomic mass is 32.1. The number of amides is 1. The van der Waals surface area contributed by atoms with Crippen LogP contribution < -0.4 is 15.4 Å². The summed E-state index contributed by atoms with van der Waals surface area (Å²) in [6.45, 7) is 2.44. The van der Waals surface area contributed by atoms with Gasteiger partial charge in [-0.1, -0.05) is 54.6 Å². The number of aliphatic hydroxyl groups is 1. The van der Waals surface area contributed by atoms with Crippen molar-refractivity contribution in [1.82, 2.24) is 15.2 Å². The molecule has 1 saturated heterocycles. The molecule has 3 aromatic carbocycles. The van der Waals surface area contributed by atoms with Crippen molar-refractivity contribution >= 4 is 50.5 Å². The number of benzene rings is 3. The van der Waals surface area contributed by atoms with Crippen LogP contribution in [0.15, 0.2) is 91.1 Å². The lowest BCUT2D eigenvalue weighted by Gasteiger charge is -2.14. The van der Waals surface area contributed by atoms with Crippen molar-refractivity contribution < 1.29 is 19.0 Å². The fraction of sp³-hybridized carbons (Fsp3) is 0.182. The number of anilines is 1. The first-order valence-corrected chi connectivity index (χ1v) is 15.1. The number of carbonyl (C=O) groups excluding carboxylic acids is 1. The van der Waals surface area contributed by atoms with Crippen LogP contribution in [0.2, 0.25) is 0 Å². The average molecular weight is 613 g/mol. The van der Waals surface area contributed by atoms with E-state index in [0.29, 0.717) is 18.0 Å². The van der Waals surface area contributed by atoms with Crippen molar-refractivity contribution in [2.75, 3.05) is 18.4 Å². The van der Waals surface area contributed by atoms with Gasteiger partial charge in [0.2, 0.25) is 5.91 Å². The second kappa shape index (κ2) is 13.0. The van der Waals surface area contributed by atoms with Gasteiger partial charge in [0.05, 0.1) is 22.7 Å². The number of aliphatic hydroxyl groups excluding tert-OH is 1. The van der Waals surface area contributed by atoms with Crippen molar-refractivity contribution in [3.8, 4) is 21.9 Å². The summed E-state index contributed by atoms with van der Waals surface area (Å²) in [6, 6.07) is 25.9. The molecule has 1 atom stereocenters. The molecule has 1 aliphatic heterocycles. The molecule has 2 aromatic heterocycles. The molecule has 0 bridgehead atoms. The molecule has 5 aromatic rings. The van der Waals surface area contributed by atoms with Gasteiger partial charge in [0.1, 0.15) is 5.75 Å². The van der Waals surface area contributed by atoms with Crippen LogP contribution in [0.3, 0.4) is 0 Å². The minimum absolute atomic E-state index is 0.0587. The van der Waals surface area contributed by atoms with Gasteiger partial charge in [-0.05, 0) is 53.5 Å². The van der Waals surface area contributed by atoms with Crippen LogP contribution in [-0.2, 0) is 17.8 Å². The van der Waals surface area contributed by atoms with Crippen LogP contribution in [0.1, 0.15) is 17.5 Å². The first kappa shape index (κ1) is 28.9. The van der Waals surface area contributed by atoms with Gasteiger partial charge < -0.3 is 20.5 Å². The SMILES string of the molecule is O=C(Cc1ccccc1)NC(=S)Nc1ccc(Oc2ccnc3cc(-c4ccc(CN5CC[C@H](O)C5)cc4)sc23)c(F)c1. The summed E-state index contributed by atoms with van der Waals surface area (Å²) in [5.74, 6) is -0.275. The maximum atomic E-state index is 15.1. The van der Waals surface area contributed by atoms with Crippen molar-refractivity contribution in [3.63, 3.8) is 0 Å². The number of likely N-dealkylation sites (tertiary alicyclic amines) is 1. The fourth-order valence-electron chi connectivity index (χ4n) is 5.02. The first-order chi connectivity index (χ1) is 20.9. The Kier molecular flexibility index (Phi) is 8.71. The minimum Gasteiger partial charge on any atom is -0.453 e. The molecule has 1 amide bonds. The van der Waals surface area contributed by atoms with E-state index in [9.17, 15) is 9.90 Å². The van der Waals surface area contributed by atoms with E-state index >= 15 is 4.39 Å². The Hall–Kier alpha value is -4.22. The summed E-state index contributed by atoms with van der Waals surface area (Å²) in [7, 11) is 0. The molecule has 3 heterocycles. The van der Waals surface area contributed by atoms with Crippen molar-refractivity contribution in [1.29, 1.82) is 0 Å². The van der Waals surface area contributed by atoms with E-state index in [2.05, 4.69) is 44.8 Å². The highest BCUT2D eigenvalue weighted by Gasteiger charge is 2.20. The molecule has 1 fully saturated rings. The number of ether oxygens (including phenoxy) is 1. The molecule has 6 rings (SSSR count). The maximum Gasteiger partial charge on any atom is 0.230 e. The lowest BCUT2D eigenvalue weighted by atomic mass is 10.1. The Morgan fingerprint density at radius 1 is 1.05 bits per heavy atom. The third kappa shape index (κ3) is 7.23. The maximum absolute atomic E-state index is 15.1. The number of pyridine rings is 1. The van der Waals surface area contributed by atoms with E-state index < -0.39 is 5.82 Å². The quantitative estimate of drug-likeness (QED) is 0.172. The van der Waals surface area contributed by atoms with E-state index in [0.717, 1.165) is 45.7 Å². The topological polar surface area (TPSA) is 86.7 Å². The van der Waals surface area contributed by atoms with Crippen LogP contribution in [-0.4, -0.2) is 45.2 Å². The largest absolute Gasteiger partial charge is 0.453 e. The predicted molar refractivity (Wildman–Crippen MR) is 172 cm³/mol. The monoisotopic (exact) mass is 612 g/mol. The van der Waals surface area contributed by atoms with Crippen LogP contribution >= 0.6 is 23.6 Å². The third-order valence-corrected chi connectivity index (χ3v) is 8.53. The van der Waals surface area contributed by atoms with E-state index in [1.165, 1.54) is 29.0 Å². The predicted octanol–water partition coefficient (Wildman–Crippen LogP) is 6.52. The lowest BCUT2D eigenvalue weighted by Crippen LogP contribution is -2.35. The molecule has 218 valence electrons. The smallest absolute Gasteiger partial charge is 0.230 e. The number of β-amino-alcohol motifs (C(OH)–C–C–N with tert-alkyl or cyclic N) is 1. The van der Waals surface area contributed by atoms with Crippen LogP contribution in [0.25, 0.3) is 20.7 Å². The molecule has 0 unspecified atom stereocenters. The molecular formula is C33H29FN4O3S2. The van der Waals surface area contributed by atoms with Gasteiger partial charge in [-0.3, -0.25) is 14.7 Å². The fourth-order valence-corrected chi connectivity index (χ4v) is 6.32. The number of thiocarbonyl (C=S) groups is 1. The summed E-state index contributed by atoms with van der Waals surface area (Å²) in [5.41, 5.74) is 4.28. The van der Waals surface area contributed by atoms with E-state index in [1.54, 1.807) is 18.3 Å². The zero-order valence-corrected chi connectivity index (χ0v) is 24.8. The summed E-state index contributed by atoms with van der Waals surface area (Å²) in [4.78, 5) is 20.1. The van der Waals surface area contributed by atoms with Gasteiger partial charge in [-0.2, -0.15) is 0 Å². The molecule has 7 nitrogen and oxygen atoms in total. The number of aromatic nitrogens is 1. The van der Waals surface area contributed by atoms with Crippen LogP contribution in [0, 0.1) is 5.82 Å². The summed E-state index contributed by atoms with van der Waals surface area (Å²) in [6.07, 6.45) is 2.43. The number of nitrogens with zero attached hydrogens (tertiary/aromatic N) is 2. The number of rotatable bonds is 8. The van der Waals surface area contributed by atoms with Gasteiger partial charge in [0.25, 0.3) is 0 Å². The molecular weight excluding hydrogens is 584 g/mol. The van der Waals surface area contributed by atoms with Crippen LogP contribution in [0.5, 0.6) is 11.5 Å². The van der Waals surface area contributed by atoms with E-state index in [4.69, 9.17) is 17.0 Å². The second-order valence-electron chi connectivity index (χ2n) is 10.4. The van der Waals surface area contributed by atoms with Gasteiger partial charge in [-0.15, -0.1) is 11.3 Å². The Morgan fingerprint density at radius 2 is 1.86 bits per heavy atom. The van der Waals surface area contributed by atoms with Gasteiger partial charge >= 0.3 is 0 Å². The van der Waals surface area contributed by atoms with E-state index in [-0.39, 0.29) is 29.3 Å². The summed E-state index contributed by atoms with van der Waals surface area (Å²) >= 11 is 6.77. The highest BCUT2D eigenvalue weighted by Crippen LogP contribution is 2.40. The number of carbonyl (C=O) groups is 1. The lowest BCUT2D eigenvalue weighted by molar-refractivity contribution is -0.119. The number of halogens is 1. The molecule has 0 saturated carbocycles. The molecule has 0 radical (unpaired) electrons. The Balaban J connectivity index is 1.10. The number of hydrogen-bond donors (Lipinski definition) is 3. The van der Waals surface area contributed by atoms with Crippen LogP contribution in [0.4, 0.5) is 10.1 Å². The number of fused-ring (bicyclic) bond motifs is 1. The minimum atomic E-state index is -0.578. The Bertz CT molecular complexity index is 1760. The summed E-state index contributed by atoms with van der Waals surface area (Å²) in [5, 5.41) is 15.3. The van der Waals surface area contributed by atoms with Crippen molar-refractivity contribution in [3.05, 3.63) is 108 Å². The zero-order valence-electron chi connectivity index (χ0n) is 23.1. The average Bonchev–Trinajstić information content (AvgIpc) is 3.61. The van der Waals surface area contributed by atoms with E-state index in [1.807, 2.05) is 36.4 Å². The first-order valence-electron chi connectivity index (χ1n) is 13.9. The molecule has 0 aliphatic carbocycles. The molecule has 3 N–H and O–H groups in total. The Labute approximate surface area is 258 Å². The molecule has 1 aliphatic rings. The van der Waals surface area contributed by atoms with Gasteiger partial charge in [0, 0.05) is 48.5 Å². The normalized spacial score (nSPS) is 15.0. The Morgan fingerprint density at radius 3 is 2.60 bits per heavy atom. The number of nitrogens with one attached hydrogen (secondary N) is 2. The standard InChI is InChI=1S/C33H29FN4O3S2/c34-26-17-24(36-33(42)37-31(40)16-21-4-2-1-3-5-21)10-11-28(26)41-29-12-14-35-27-18-30(43-32(27)29)23-8-6-22(7-9-23)19-38-15-13-25(39)20-38/h1-12,14,17-18,25,39H,13,15-16,19-20H2,(H2,36,37,40,42)/t25-/m0/s1. The second-order valence-corrected chi connectivity index (χ2v) is 11.9. The van der Waals surface area contributed by atoms with Gasteiger partial charge in [0.15, 0.2) is 16.7 Å². The number of thiophene rings is 1. The number of hydrogen-bond acceptors (Lipinski definition) is 7. The van der Waals surface area contributed by atoms with Crippen molar-refractivity contribution in [2.24, 2.45) is 0 Å². The van der Waals surface area contributed by atoms with Crippen molar-refractivity contribution in [2.45, 2.75) is 25.5 Å². The summed E-state index contributed by atoms with van der Waals surface area (Å²) < 4.78 is 21.9. The third-order valence-electron chi connectivity index (χ3n) is 7.14. The highest BCUT2D eigenvalue weighted by molar-refractivity contribution is 7.80. The van der Waals surface area contributed by atoms with Gasteiger partial charge in [-0.25, -0.2) is 4.39 Å². The molecule has 10 heteroatoms. The zero-order chi connectivity index (χ0) is 29.8. The molecule has 43 heavy (non-hydrogen) atoms. The molecule has 0 spiro atoms.